The van der Waals surface area contributed by atoms with E-state index < -0.39 is 22.0 Å². The summed E-state index contributed by atoms with van der Waals surface area (Å²) in [4.78, 5) is 26.2. The van der Waals surface area contributed by atoms with E-state index in [1.807, 2.05) is 12.1 Å². The smallest absolute Gasteiger partial charge is 0.322 e. The molecule has 1 saturated heterocycles. The molecule has 3 N–H and O–H groups in total. The van der Waals surface area contributed by atoms with Gasteiger partial charge in [-0.1, -0.05) is 42.5 Å². The van der Waals surface area contributed by atoms with Crippen LogP contribution in [0.25, 0.3) is 10.8 Å². The molecule has 3 aromatic carbocycles. The lowest BCUT2D eigenvalue weighted by atomic mass is 9.98. The van der Waals surface area contributed by atoms with E-state index in [9.17, 15) is 28.4 Å². The molecule has 3 aromatic rings. The number of hydrogen-bond donors (Lipinski definition) is 3. The second-order valence-electron chi connectivity index (χ2n) is 8.64. The highest BCUT2D eigenvalue weighted by Gasteiger charge is 2.26. The molecule has 1 fully saturated rings. The fraction of sp³-hybridized carbons (Fsp3) is 0.269. The van der Waals surface area contributed by atoms with Gasteiger partial charge in [0.05, 0.1) is 22.9 Å². The third-order valence-electron chi connectivity index (χ3n) is 6.17. The zero-order valence-corrected chi connectivity index (χ0v) is 20.3. The van der Waals surface area contributed by atoms with Crippen molar-refractivity contribution in [3.8, 4) is 6.07 Å². The zero-order chi connectivity index (χ0) is 25.7. The van der Waals surface area contributed by atoms with Gasteiger partial charge in [0, 0.05) is 26.2 Å². The van der Waals surface area contributed by atoms with Crippen molar-refractivity contribution in [2.24, 2.45) is 0 Å². The Kier molecular flexibility index (Phi) is 7.64. The van der Waals surface area contributed by atoms with Crippen molar-refractivity contribution >= 4 is 32.7 Å². The van der Waals surface area contributed by atoms with Crippen molar-refractivity contribution in [2.45, 2.75) is 23.8 Å². The molecule has 0 aliphatic carbocycles. The van der Waals surface area contributed by atoms with Gasteiger partial charge in [0.25, 0.3) is 0 Å². The minimum absolute atomic E-state index is 0.0352. The van der Waals surface area contributed by atoms with Crippen LogP contribution in [0.3, 0.4) is 0 Å². The quantitative estimate of drug-likeness (QED) is 0.422. The predicted molar refractivity (Wildman–Crippen MR) is 134 cm³/mol. The van der Waals surface area contributed by atoms with Crippen LogP contribution in [0.1, 0.15) is 16.7 Å². The molecular formula is C26H26N4O5S. The van der Waals surface area contributed by atoms with Gasteiger partial charge in [-0.2, -0.15) is 9.98 Å². The molecule has 4 rings (SSSR count). The van der Waals surface area contributed by atoms with Gasteiger partial charge in [-0.25, -0.2) is 8.42 Å². The first kappa shape index (κ1) is 25.3. The third-order valence-corrected chi connectivity index (χ3v) is 7.64. The van der Waals surface area contributed by atoms with Gasteiger partial charge in [0.2, 0.25) is 15.9 Å². The van der Waals surface area contributed by atoms with Crippen molar-refractivity contribution in [2.75, 3.05) is 26.2 Å². The average Bonchev–Trinajstić information content (AvgIpc) is 2.89. The number of aliphatic carboxylic acids is 1. The Balaban J connectivity index is 1.50. The van der Waals surface area contributed by atoms with Gasteiger partial charge in [-0.15, -0.1) is 0 Å². The summed E-state index contributed by atoms with van der Waals surface area (Å²) in [5, 5.41) is 24.1. The van der Waals surface area contributed by atoms with Crippen LogP contribution in [0.4, 0.5) is 0 Å². The molecule has 10 heteroatoms. The first-order valence-electron chi connectivity index (χ1n) is 11.5. The highest BCUT2D eigenvalue weighted by Crippen LogP contribution is 2.20. The Hall–Kier alpha value is -3.78. The number of rotatable bonds is 8. The number of sulfonamides is 1. The molecule has 0 radical (unpaired) electrons. The molecule has 186 valence electrons. The van der Waals surface area contributed by atoms with Gasteiger partial charge in [0.15, 0.2) is 0 Å². The maximum atomic E-state index is 13.0. The van der Waals surface area contributed by atoms with E-state index >= 15 is 0 Å². The molecule has 36 heavy (non-hydrogen) atoms. The monoisotopic (exact) mass is 506 g/mol. The zero-order valence-electron chi connectivity index (χ0n) is 19.5. The van der Waals surface area contributed by atoms with E-state index in [1.165, 1.54) is 18.2 Å². The molecule has 1 heterocycles. The molecule has 0 saturated carbocycles. The average molecular weight is 507 g/mol. The fourth-order valence-electron chi connectivity index (χ4n) is 4.20. The number of benzene rings is 3. The molecular weight excluding hydrogens is 480 g/mol. The normalized spacial score (nSPS) is 14.8. The Morgan fingerprint density at radius 3 is 2.47 bits per heavy atom. The topological polar surface area (TPSA) is 140 Å². The maximum Gasteiger partial charge on any atom is 0.322 e. The predicted octanol–water partition coefficient (Wildman–Crippen LogP) is 1.66. The maximum absolute atomic E-state index is 13.0. The SMILES string of the molecule is N#Cc1cc(C[C@H](NS(=O)(=O)c2ccc3ccccc3c2)C(=O)O)ccc1CC(=O)N1CCNCC1. The molecule has 0 bridgehead atoms. The summed E-state index contributed by atoms with van der Waals surface area (Å²) in [5.41, 5.74) is 1.28. The Morgan fingerprint density at radius 2 is 1.78 bits per heavy atom. The van der Waals surface area contributed by atoms with Crippen molar-refractivity contribution in [3.63, 3.8) is 0 Å². The lowest BCUT2D eigenvalue weighted by Gasteiger charge is -2.27. The molecule has 9 nitrogen and oxygen atoms in total. The van der Waals surface area contributed by atoms with E-state index in [4.69, 9.17) is 0 Å². The van der Waals surface area contributed by atoms with Gasteiger partial charge in [-0.05, 0) is 46.5 Å². The number of amides is 1. The van der Waals surface area contributed by atoms with E-state index in [2.05, 4.69) is 16.1 Å². The van der Waals surface area contributed by atoms with Crippen molar-refractivity contribution < 1.29 is 23.1 Å². The van der Waals surface area contributed by atoms with E-state index in [1.54, 1.807) is 35.2 Å². The summed E-state index contributed by atoms with van der Waals surface area (Å²) < 4.78 is 28.2. The number of carboxylic acids is 1. The summed E-state index contributed by atoms with van der Waals surface area (Å²) >= 11 is 0. The van der Waals surface area contributed by atoms with Crippen LogP contribution in [-0.2, 0) is 32.5 Å². The summed E-state index contributed by atoms with van der Waals surface area (Å²) in [5.74, 6) is -1.41. The molecule has 0 unspecified atom stereocenters. The largest absolute Gasteiger partial charge is 0.480 e. The molecule has 0 aromatic heterocycles. The number of nitriles is 1. The van der Waals surface area contributed by atoms with Crippen molar-refractivity contribution in [3.05, 3.63) is 77.4 Å². The summed E-state index contributed by atoms with van der Waals surface area (Å²) in [6, 6.07) is 17.3. The van der Waals surface area contributed by atoms with Crippen LogP contribution < -0.4 is 10.0 Å². The van der Waals surface area contributed by atoms with E-state index in [0.717, 1.165) is 23.9 Å². The second-order valence-corrected chi connectivity index (χ2v) is 10.4. The van der Waals surface area contributed by atoms with Crippen LogP contribution >= 0.6 is 0 Å². The number of fused-ring (bicyclic) bond motifs is 1. The molecule has 1 atom stereocenters. The number of carboxylic acid groups (broad SMARTS) is 1. The lowest BCUT2D eigenvalue weighted by Crippen LogP contribution is -2.47. The highest BCUT2D eigenvalue weighted by molar-refractivity contribution is 7.89. The number of piperazine rings is 1. The first-order chi connectivity index (χ1) is 17.3. The van der Waals surface area contributed by atoms with Crippen molar-refractivity contribution in [1.29, 1.82) is 5.26 Å². The number of nitrogens with zero attached hydrogens (tertiary/aromatic N) is 2. The van der Waals surface area contributed by atoms with Crippen molar-refractivity contribution in [1.82, 2.24) is 14.9 Å². The van der Waals surface area contributed by atoms with Gasteiger partial charge < -0.3 is 15.3 Å². The van der Waals surface area contributed by atoms with Crippen LogP contribution in [-0.4, -0.2) is 62.5 Å². The minimum atomic E-state index is -4.12. The standard InChI is InChI=1S/C26H26N4O5S/c27-17-22-13-18(5-6-21(22)16-25(31)30-11-9-28-10-12-30)14-24(26(32)33)29-36(34,35)23-8-7-19-3-1-2-4-20(19)15-23/h1-8,13,15,24,28-29H,9-12,14,16H2,(H,32,33)/t24-/m0/s1. The van der Waals surface area contributed by atoms with Crippen LogP contribution in [0.5, 0.6) is 0 Å². The van der Waals surface area contributed by atoms with Crippen LogP contribution in [0.15, 0.2) is 65.6 Å². The Bertz CT molecular complexity index is 1440. The molecule has 1 amide bonds. The number of carbonyl (C=O) groups excluding carboxylic acids is 1. The minimum Gasteiger partial charge on any atom is -0.480 e. The Labute approximate surface area is 209 Å². The summed E-state index contributed by atoms with van der Waals surface area (Å²) in [6.45, 7) is 2.66. The third kappa shape index (κ3) is 5.88. The molecule has 1 aliphatic rings. The van der Waals surface area contributed by atoms with Crippen LogP contribution in [0.2, 0.25) is 0 Å². The number of nitrogens with one attached hydrogen (secondary N) is 2. The number of hydrogen-bond acceptors (Lipinski definition) is 6. The van der Waals surface area contributed by atoms with E-state index in [-0.39, 0.29) is 29.2 Å². The number of carbonyl (C=O) groups is 2. The second kappa shape index (κ2) is 10.9. The fourth-order valence-corrected chi connectivity index (χ4v) is 5.43. The van der Waals surface area contributed by atoms with E-state index in [0.29, 0.717) is 24.2 Å². The highest BCUT2D eigenvalue weighted by atomic mass is 32.2. The van der Waals surface area contributed by atoms with Crippen LogP contribution in [0, 0.1) is 11.3 Å². The first-order valence-corrected chi connectivity index (χ1v) is 13.0. The molecule has 1 aliphatic heterocycles. The Morgan fingerprint density at radius 1 is 1.06 bits per heavy atom. The van der Waals surface area contributed by atoms with Gasteiger partial charge in [0.1, 0.15) is 6.04 Å². The summed E-state index contributed by atoms with van der Waals surface area (Å²) in [7, 11) is -4.12. The van der Waals surface area contributed by atoms with Gasteiger partial charge >= 0.3 is 5.97 Å². The molecule has 0 spiro atoms. The van der Waals surface area contributed by atoms with Gasteiger partial charge in [-0.3, -0.25) is 9.59 Å². The summed E-state index contributed by atoms with van der Waals surface area (Å²) in [6.07, 6.45) is -0.0943. The lowest BCUT2D eigenvalue weighted by molar-refractivity contribution is -0.139.